The predicted molar refractivity (Wildman–Crippen MR) is 81.4 cm³/mol. The Balaban J connectivity index is 1.85. The Bertz CT molecular complexity index is 460. The van der Waals surface area contributed by atoms with Gasteiger partial charge in [0.1, 0.15) is 5.75 Å². The van der Waals surface area contributed by atoms with Gasteiger partial charge in [0.25, 0.3) is 0 Å². The van der Waals surface area contributed by atoms with Crippen LogP contribution < -0.4 is 16.0 Å². The minimum absolute atomic E-state index is 0.234. The summed E-state index contributed by atoms with van der Waals surface area (Å²) >= 11 is 0. The number of nitrogens with two attached hydrogens (primary N) is 1. The Morgan fingerprint density at radius 3 is 3.10 bits per heavy atom. The van der Waals surface area contributed by atoms with E-state index in [1.54, 1.807) is 0 Å². The van der Waals surface area contributed by atoms with E-state index in [1.807, 2.05) is 0 Å². The van der Waals surface area contributed by atoms with Gasteiger partial charge in [0.2, 0.25) is 0 Å². The highest BCUT2D eigenvalue weighted by Gasteiger charge is 2.31. The van der Waals surface area contributed by atoms with Crippen LogP contribution in [0.15, 0.2) is 18.2 Å². The minimum atomic E-state index is 0.234. The Labute approximate surface area is 121 Å². The molecule has 0 saturated heterocycles. The lowest BCUT2D eigenvalue weighted by molar-refractivity contribution is 0.207. The molecule has 0 bridgehead atoms. The highest BCUT2D eigenvalue weighted by atomic mass is 16.5. The molecule has 1 heterocycles. The second kappa shape index (κ2) is 6.15. The van der Waals surface area contributed by atoms with E-state index in [2.05, 4.69) is 30.5 Å². The van der Waals surface area contributed by atoms with E-state index in [0.717, 1.165) is 24.7 Å². The summed E-state index contributed by atoms with van der Waals surface area (Å²) in [6.45, 7) is 3.12. The van der Waals surface area contributed by atoms with E-state index in [-0.39, 0.29) is 6.04 Å². The molecule has 3 N–H and O–H groups in total. The maximum Gasteiger partial charge on any atom is 0.127 e. The largest absolute Gasteiger partial charge is 0.493 e. The Morgan fingerprint density at radius 1 is 1.40 bits per heavy atom. The quantitative estimate of drug-likeness (QED) is 0.654. The zero-order valence-electron chi connectivity index (χ0n) is 12.4. The third kappa shape index (κ3) is 2.57. The van der Waals surface area contributed by atoms with Crippen molar-refractivity contribution in [3.05, 3.63) is 29.3 Å². The number of hydrogen-bond donors (Lipinski definition) is 2. The molecule has 3 nitrogen and oxygen atoms in total. The summed E-state index contributed by atoms with van der Waals surface area (Å²) in [7, 11) is 0. The van der Waals surface area contributed by atoms with E-state index in [4.69, 9.17) is 10.6 Å². The number of hydrogen-bond acceptors (Lipinski definition) is 3. The second-order valence-corrected chi connectivity index (χ2v) is 6.28. The van der Waals surface area contributed by atoms with E-state index in [0.29, 0.717) is 5.92 Å². The van der Waals surface area contributed by atoms with Crippen LogP contribution in [0.4, 0.5) is 0 Å². The van der Waals surface area contributed by atoms with E-state index >= 15 is 0 Å². The molecular weight excluding hydrogens is 248 g/mol. The number of nitrogens with one attached hydrogen (secondary N) is 1. The minimum Gasteiger partial charge on any atom is -0.493 e. The standard InChI is InChI=1S/C17H26N2O/c1-2-12-5-3-7-14(11-12)16(19-18)15-8-4-6-13-9-10-20-17(13)15/h4,6,8,12,14,16,19H,2-3,5,7,9-11,18H2,1H3. The molecule has 20 heavy (non-hydrogen) atoms. The van der Waals surface area contributed by atoms with Crippen LogP contribution in [-0.2, 0) is 6.42 Å². The van der Waals surface area contributed by atoms with Crippen molar-refractivity contribution in [2.75, 3.05) is 6.61 Å². The highest BCUT2D eigenvalue weighted by Crippen LogP contribution is 2.42. The number of benzene rings is 1. The van der Waals surface area contributed by atoms with E-state index in [1.165, 1.54) is 43.2 Å². The molecule has 0 spiro atoms. The first kappa shape index (κ1) is 13.9. The lowest BCUT2D eigenvalue weighted by Crippen LogP contribution is -2.36. The van der Waals surface area contributed by atoms with Crippen LogP contribution in [0, 0.1) is 11.8 Å². The van der Waals surface area contributed by atoms with Crippen LogP contribution in [0.1, 0.15) is 56.2 Å². The Morgan fingerprint density at radius 2 is 2.30 bits per heavy atom. The van der Waals surface area contributed by atoms with Gasteiger partial charge in [-0.2, -0.15) is 0 Å². The number of fused-ring (bicyclic) bond motifs is 1. The van der Waals surface area contributed by atoms with Crippen LogP contribution in [0.5, 0.6) is 5.75 Å². The molecular formula is C17H26N2O. The van der Waals surface area contributed by atoms with Crippen molar-refractivity contribution in [1.82, 2.24) is 5.43 Å². The van der Waals surface area contributed by atoms with Crippen LogP contribution in [0.2, 0.25) is 0 Å². The smallest absolute Gasteiger partial charge is 0.127 e. The van der Waals surface area contributed by atoms with Crippen molar-refractivity contribution in [2.45, 2.75) is 51.5 Å². The monoisotopic (exact) mass is 274 g/mol. The van der Waals surface area contributed by atoms with E-state index < -0.39 is 0 Å². The van der Waals surface area contributed by atoms with Crippen LogP contribution in [0.25, 0.3) is 0 Å². The van der Waals surface area contributed by atoms with Gasteiger partial charge in [-0.05, 0) is 30.2 Å². The van der Waals surface area contributed by atoms with Gasteiger partial charge in [0, 0.05) is 12.0 Å². The van der Waals surface area contributed by atoms with Crippen molar-refractivity contribution < 1.29 is 4.74 Å². The van der Waals surface area contributed by atoms with E-state index in [9.17, 15) is 0 Å². The second-order valence-electron chi connectivity index (χ2n) is 6.28. The van der Waals surface area contributed by atoms with Crippen LogP contribution in [-0.4, -0.2) is 6.61 Å². The third-order valence-electron chi connectivity index (χ3n) is 5.13. The Kier molecular flexibility index (Phi) is 4.27. The van der Waals surface area contributed by atoms with Crippen LogP contribution >= 0.6 is 0 Å². The molecule has 1 saturated carbocycles. The molecule has 0 aromatic heterocycles. The number of hydrazine groups is 1. The van der Waals surface area contributed by atoms with Crippen molar-refractivity contribution in [2.24, 2.45) is 17.7 Å². The molecule has 3 unspecified atom stereocenters. The fraction of sp³-hybridized carbons (Fsp3) is 0.647. The lowest BCUT2D eigenvalue weighted by atomic mass is 9.75. The molecule has 1 fully saturated rings. The summed E-state index contributed by atoms with van der Waals surface area (Å²) in [5.41, 5.74) is 5.69. The molecule has 2 aliphatic rings. The van der Waals surface area contributed by atoms with Gasteiger partial charge in [0.15, 0.2) is 0 Å². The third-order valence-corrected chi connectivity index (χ3v) is 5.13. The van der Waals surface area contributed by atoms with Crippen molar-refractivity contribution >= 4 is 0 Å². The molecule has 1 aliphatic heterocycles. The van der Waals surface area contributed by atoms with Gasteiger partial charge < -0.3 is 4.74 Å². The summed E-state index contributed by atoms with van der Waals surface area (Å²) in [4.78, 5) is 0. The van der Waals surface area contributed by atoms with Gasteiger partial charge in [-0.25, -0.2) is 0 Å². The maximum atomic E-state index is 5.91. The molecule has 1 aromatic rings. The van der Waals surface area contributed by atoms with Gasteiger partial charge in [-0.1, -0.05) is 44.4 Å². The first-order valence-electron chi connectivity index (χ1n) is 8.04. The summed E-state index contributed by atoms with van der Waals surface area (Å²) < 4.78 is 5.86. The molecule has 1 aliphatic carbocycles. The first-order chi connectivity index (χ1) is 9.83. The molecule has 110 valence electrons. The summed E-state index contributed by atoms with van der Waals surface area (Å²) in [6.07, 6.45) is 7.59. The number of rotatable bonds is 4. The zero-order valence-corrected chi connectivity index (χ0v) is 12.4. The normalized spacial score (nSPS) is 26.9. The number of ether oxygens (including phenoxy) is 1. The average molecular weight is 274 g/mol. The van der Waals surface area contributed by atoms with Crippen molar-refractivity contribution in [3.63, 3.8) is 0 Å². The fourth-order valence-electron chi connectivity index (χ4n) is 3.97. The number of para-hydroxylation sites is 1. The summed E-state index contributed by atoms with van der Waals surface area (Å²) in [6, 6.07) is 6.74. The molecule has 0 amide bonds. The van der Waals surface area contributed by atoms with Crippen molar-refractivity contribution in [3.8, 4) is 5.75 Å². The molecule has 3 heteroatoms. The fourth-order valence-corrected chi connectivity index (χ4v) is 3.97. The zero-order chi connectivity index (χ0) is 13.9. The Hall–Kier alpha value is -1.06. The highest BCUT2D eigenvalue weighted by molar-refractivity contribution is 5.45. The first-order valence-corrected chi connectivity index (χ1v) is 8.04. The molecule has 1 aromatic carbocycles. The average Bonchev–Trinajstić information content (AvgIpc) is 2.97. The van der Waals surface area contributed by atoms with Gasteiger partial charge in [-0.3, -0.25) is 11.3 Å². The van der Waals surface area contributed by atoms with Gasteiger partial charge >= 0.3 is 0 Å². The van der Waals surface area contributed by atoms with Gasteiger partial charge in [-0.15, -0.1) is 0 Å². The maximum absolute atomic E-state index is 5.91. The summed E-state index contributed by atoms with van der Waals surface area (Å²) in [5.74, 6) is 8.50. The molecule has 3 rings (SSSR count). The van der Waals surface area contributed by atoms with Gasteiger partial charge in [0.05, 0.1) is 12.6 Å². The predicted octanol–water partition coefficient (Wildman–Crippen LogP) is 3.34. The summed E-state index contributed by atoms with van der Waals surface area (Å²) in [5, 5.41) is 0. The van der Waals surface area contributed by atoms with Crippen LogP contribution in [0.3, 0.4) is 0 Å². The lowest BCUT2D eigenvalue weighted by Gasteiger charge is -2.34. The molecule has 0 radical (unpaired) electrons. The molecule has 3 atom stereocenters. The topological polar surface area (TPSA) is 47.3 Å². The van der Waals surface area contributed by atoms with Crippen molar-refractivity contribution in [1.29, 1.82) is 0 Å². The SMILES string of the molecule is CCC1CCCC(C(NN)c2cccc3c2OCC3)C1.